The van der Waals surface area contributed by atoms with Gasteiger partial charge in [-0.3, -0.25) is 9.89 Å². The summed E-state index contributed by atoms with van der Waals surface area (Å²) in [7, 11) is 0. The second-order valence-corrected chi connectivity index (χ2v) is 6.85. The molecule has 0 unspecified atom stereocenters. The van der Waals surface area contributed by atoms with Gasteiger partial charge in [-0.1, -0.05) is 59.8 Å². The molecule has 3 rings (SSSR count). The molecule has 1 N–H and O–H groups in total. The van der Waals surface area contributed by atoms with Crippen LogP contribution in [0.4, 0.5) is 5.69 Å². The minimum absolute atomic E-state index is 0.0786. The van der Waals surface area contributed by atoms with Crippen LogP contribution >= 0.6 is 11.8 Å². The van der Waals surface area contributed by atoms with Crippen molar-refractivity contribution in [1.82, 2.24) is 15.2 Å². The molecule has 0 bridgehead atoms. The minimum atomic E-state index is -0.0786. The zero-order chi connectivity index (χ0) is 19.1. The SMILES string of the molecule is Cc1ccc(N(CCC#N)C(=O)CSc2n[nH]c(-c3ccccc3)n2)cc1. The number of rotatable bonds is 7. The molecule has 0 aliphatic heterocycles. The standard InChI is InChI=1S/C20H19N5OS/c1-15-8-10-17(11-9-15)25(13-5-12-21)18(26)14-27-20-22-19(23-24-20)16-6-3-2-4-7-16/h2-4,6-11H,5,13-14H2,1H3,(H,22,23,24). The maximum absolute atomic E-state index is 12.7. The maximum Gasteiger partial charge on any atom is 0.237 e. The van der Waals surface area contributed by atoms with E-state index in [1.54, 1.807) is 4.90 Å². The Morgan fingerprint density at radius 3 is 2.63 bits per heavy atom. The van der Waals surface area contributed by atoms with E-state index in [2.05, 4.69) is 21.3 Å². The summed E-state index contributed by atoms with van der Waals surface area (Å²) >= 11 is 1.28. The quantitative estimate of drug-likeness (QED) is 0.633. The number of aryl methyl sites for hydroxylation is 1. The van der Waals surface area contributed by atoms with E-state index in [1.165, 1.54) is 11.8 Å². The Bertz CT molecular complexity index is 931. The molecule has 3 aromatic rings. The smallest absolute Gasteiger partial charge is 0.237 e. The lowest BCUT2D eigenvalue weighted by atomic mass is 10.2. The summed E-state index contributed by atoms with van der Waals surface area (Å²) in [5, 5.41) is 16.5. The second-order valence-electron chi connectivity index (χ2n) is 5.91. The van der Waals surface area contributed by atoms with Gasteiger partial charge in [0, 0.05) is 17.8 Å². The lowest BCUT2D eigenvalue weighted by Crippen LogP contribution is -2.33. The zero-order valence-corrected chi connectivity index (χ0v) is 15.7. The van der Waals surface area contributed by atoms with Gasteiger partial charge in [0.2, 0.25) is 11.1 Å². The van der Waals surface area contributed by atoms with E-state index in [-0.39, 0.29) is 18.1 Å². The molecular formula is C20H19N5OS. The molecule has 6 nitrogen and oxygen atoms in total. The monoisotopic (exact) mass is 377 g/mol. The number of hydrogen-bond acceptors (Lipinski definition) is 5. The first-order chi connectivity index (χ1) is 13.2. The highest BCUT2D eigenvalue weighted by Gasteiger charge is 2.17. The third-order valence-electron chi connectivity index (χ3n) is 3.93. The fourth-order valence-electron chi connectivity index (χ4n) is 2.52. The van der Waals surface area contributed by atoms with Crippen LogP contribution in [0.1, 0.15) is 12.0 Å². The highest BCUT2D eigenvalue weighted by Crippen LogP contribution is 2.21. The predicted octanol–water partition coefficient (Wildman–Crippen LogP) is 3.82. The number of hydrogen-bond donors (Lipinski definition) is 1. The third kappa shape index (κ3) is 4.96. The lowest BCUT2D eigenvalue weighted by molar-refractivity contribution is -0.116. The summed E-state index contributed by atoms with van der Waals surface area (Å²) in [5.74, 6) is 0.793. The van der Waals surface area contributed by atoms with Crippen molar-refractivity contribution in [3.05, 3.63) is 60.2 Å². The average Bonchev–Trinajstić information content (AvgIpc) is 3.18. The topological polar surface area (TPSA) is 85.7 Å². The number of nitriles is 1. The van der Waals surface area contributed by atoms with Crippen molar-refractivity contribution in [1.29, 1.82) is 5.26 Å². The number of nitrogens with zero attached hydrogens (tertiary/aromatic N) is 4. The van der Waals surface area contributed by atoms with Crippen LogP contribution in [0, 0.1) is 18.3 Å². The summed E-state index contributed by atoms with van der Waals surface area (Å²) in [6.07, 6.45) is 0.281. The van der Waals surface area contributed by atoms with Crippen molar-refractivity contribution in [3.8, 4) is 17.5 Å². The van der Waals surface area contributed by atoms with E-state index >= 15 is 0 Å². The van der Waals surface area contributed by atoms with Crippen molar-refractivity contribution in [2.75, 3.05) is 17.2 Å². The fourth-order valence-corrected chi connectivity index (χ4v) is 3.20. The Hall–Kier alpha value is -3.11. The summed E-state index contributed by atoms with van der Waals surface area (Å²) < 4.78 is 0. The van der Waals surface area contributed by atoms with Crippen LogP contribution in [0.5, 0.6) is 0 Å². The van der Waals surface area contributed by atoms with Crippen molar-refractivity contribution in [2.45, 2.75) is 18.5 Å². The van der Waals surface area contributed by atoms with Gasteiger partial charge in [0.15, 0.2) is 5.82 Å². The number of H-pyrrole nitrogens is 1. The zero-order valence-electron chi connectivity index (χ0n) is 14.9. The summed E-state index contributed by atoms with van der Waals surface area (Å²) in [4.78, 5) is 18.8. The Balaban J connectivity index is 1.66. The predicted molar refractivity (Wildman–Crippen MR) is 106 cm³/mol. The van der Waals surface area contributed by atoms with Gasteiger partial charge < -0.3 is 4.90 Å². The number of anilines is 1. The van der Waals surface area contributed by atoms with E-state index in [4.69, 9.17) is 5.26 Å². The van der Waals surface area contributed by atoms with Gasteiger partial charge in [-0.25, -0.2) is 4.98 Å². The van der Waals surface area contributed by atoms with E-state index in [0.717, 1.165) is 16.8 Å². The van der Waals surface area contributed by atoms with Gasteiger partial charge in [0.05, 0.1) is 18.2 Å². The van der Waals surface area contributed by atoms with Crippen LogP contribution < -0.4 is 4.90 Å². The van der Waals surface area contributed by atoms with E-state index < -0.39 is 0 Å². The maximum atomic E-state index is 12.7. The number of benzene rings is 2. The molecule has 0 atom stereocenters. The number of thioether (sulfide) groups is 1. The van der Waals surface area contributed by atoms with Crippen LogP contribution in [0.3, 0.4) is 0 Å². The molecule has 0 fully saturated rings. The van der Waals surface area contributed by atoms with Crippen molar-refractivity contribution < 1.29 is 4.79 Å². The van der Waals surface area contributed by atoms with Gasteiger partial charge in [0.25, 0.3) is 0 Å². The van der Waals surface area contributed by atoms with Crippen LogP contribution in [-0.4, -0.2) is 33.4 Å². The molecular weight excluding hydrogens is 358 g/mol. The first kappa shape index (κ1) is 18.7. The van der Waals surface area contributed by atoms with Crippen molar-refractivity contribution in [2.24, 2.45) is 0 Å². The van der Waals surface area contributed by atoms with Gasteiger partial charge in [-0.2, -0.15) is 5.26 Å². The summed E-state index contributed by atoms with van der Waals surface area (Å²) in [5.41, 5.74) is 2.86. The fraction of sp³-hybridized carbons (Fsp3) is 0.200. The number of nitrogens with one attached hydrogen (secondary N) is 1. The van der Waals surface area contributed by atoms with Crippen LogP contribution in [0.15, 0.2) is 59.8 Å². The largest absolute Gasteiger partial charge is 0.311 e. The molecule has 1 heterocycles. The molecule has 0 aliphatic carbocycles. The average molecular weight is 377 g/mol. The van der Waals surface area contributed by atoms with Crippen LogP contribution in [0.25, 0.3) is 11.4 Å². The van der Waals surface area contributed by atoms with Crippen molar-refractivity contribution >= 4 is 23.4 Å². The first-order valence-electron chi connectivity index (χ1n) is 8.52. The van der Waals surface area contributed by atoms with E-state index in [9.17, 15) is 4.79 Å². The summed E-state index contributed by atoms with van der Waals surface area (Å²) in [6, 6.07) is 19.5. The second kappa shape index (κ2) is 9.01. The van der Waals surface area contributed by atoms with Gasteiger partial charge in [-0.05, 0) is 19.1 Å². The molecule has 0 saturated heterocycles. The van der Waals surface area contributed by atoms with Crippen molar-refractivity contribution in [3.63, 3.8) is 0 Å². The molecule has 0 saturated carbocycles. The molecule has 0 aliphatic rings. The number of carbonyl (C=O) groups is 1. The highest BCUT2D eigenvalue weighted by atomic mass is 32.2. The molecule has 0 radical (unpaired) electrons. The van der Waals surface area contributed by atoms with Gasteiger partial charge >= 0.3 is 0 Å². The molecule has 2 aromatic carbocycles. The van der Waals surface area contributed by atoms with Gasteiger partial charge in [-0.15, -0.1) is 5.10 Å². The van der Waals surface area contributed by atoms with Gasteiger partial charge in [0.1, 0.15) is 0 Å². The Labute approximate surface area is 162 Å². The molecule has 136 valence electrons. The number of carbonyl (C=O) groups excluding carboxylic acids is 1. The minimum Gasteiger partial charge on any atom is -0.311 e. The van der Waals surface area contributed by atoms with Crippen LogP contribution in [0.2, 0.25) is 0 Å². The highest BCUT2D eigenvalue weighted by molar-refractivity contribution is 7.99. The first-order valence-corrected chi connectivity index (χ1v) is 9.50. The van der Waals surface area contributed by atoms with Crippen LogP contribution in [-0.2, 0) is 4.79 Å². The molecule has 27 heavy (non-hydrogen) atoms. The third-order valence-corrected chi connectivity index (χ3v) is 4.76. The number of amides is 1. The Morgan fingerprint density at radius 1 is 1.19 bits per heavy atom. The Kier molecular flexibility index (Phi) is 6.23. The molecule has 0 spiro atoms. The molecule has 1 amide bonds. The number of aromatic nitrogens is 3. The normalized spacial score (nSPS) is 10.4. The summed E-state index contributed by atoms with van der Waals surface area (Å²) in [6.45, 7) is 2.36. The molecule has 1 aromatic heterocycles. The molecule has 7 heteroatoms. The lowest BCUT2D eigenvalue weighted by Gasteiger charge is -2.21. The van der Waals surface area contributed by atoms with E-state index in [1.807, 2.05) is 61.5 Å². The Morgan fingerprint density at radius 2 is 1.93 bits per heavy atom. The van der Waals surface area contributed by atoms with E-state index in [0.29, 0.717) is 17.5 Å². The number of aromatic amines is 1.